The highest BCUT2D eigenvalue weighted by molar-refractivity contribution is 7.11. The Kier molecular flexibility index (Phi) is 3.19. The van der Waals surface area contributed by atoms with Crippen molar-refractivity contribution in [2.45, 2.75) is 19.4 Å². The summed E-state index contributed by atoms with van der Waals surface area (Å²) in [5.74, 6) is 0. The van der Waals surface area contributed by atoms with Crippen LogP contribution in [0.2, 0.25) is 0 Å². The number of aryl methyl sites for hydroxylation is 1. The van der Waals surface area contributed by atoms with Crippen LogP contribution in [0.3, 0.4) is 0 Å². The summed E-state index contributed by atoms with van der Waals surface area (Å²) in [4.78, 5) is 27.7. The van der Waals surface area contributed by atoms with Crippen molar-refractivity contribution in [3.8, 4) is 0 Å². The van der Waals surface area contributed by atoms with E-state index in [1.807, 2.05) is 6.08 Å². The first kappa shape index (κ1) is 12.7. The molecule has 0 saturated heterocycles. The molecule has 3 rings (SSSR count). The average molecular weight is 289 g/mol. The minimum atomic E-state index is -0.658. The molecular formula is C13H11N3O3S. The van der Waals surface area contributed by atoms with E-state index in [0.29, 0.717) is 0 Å². The van der Waals surface area contributed by atoms with Gasteiger partial charge in [-0.3, -0.25) is 14.9 Å². The Morgan fingerprint density at radius 3 is 3.10 bits per heavy atom. The molecule has 2 aromatic rings. The third kappa shape index (κ3) is 2.27. The van der Waals surface area contributed by atoms with Crippen molar-refractivity contribution in [1.82, 2.24) is 9.55 Å². The lowest BCUT2D eigenvalue weighted by molar-refractivity contribution is -0.386. The Morgan fingerprint density at radius 1 is 1.50 bits per heavy atom. The molecule has 0 atom stereocenters. The van der Waals surface area contributed by atoms with Crippen LogP contribution in [0.25, 0.3) is 6.08 Å². The molecule has 102 valence electrons. The lowest BCUT2D eigenvalue weighted by Crippen LogP contribution is -2.22. The van der Waals surface area contributed by atoms with Gasteiger partial charge >= 0.3 is 11.2 Å². The van der Waals surface area contributed by atoms with E-state index in [4.69, 9.17) is 0 Å². The highest BCUT2D eigenvalue weighted by Gasteiger charge is 2.16. The number of allylic oxidation sites excluding steroid dienone is 1. The minimum Gasteiger partial charge on any atom is -0.303 e. The number of nitro groups is 1. The molecule has 0 amide bonds. The Labute approximate surface area is 118 Å². The summed E-state index contributed by atoms with van der Waals surface area (Å²) in [6.45, 7) is 0.270. The van der Waals surface area contributed by atoms with Gasteiger partial charge in [-0.25, -0.2) is 4.98 Å². The molecule has 0 bridgehead atoms. The van der Waals surface area contributed by atoms with Crippen molar-refractivity contribution < 1.29 is 4.92 Å². The zero-order chi connectivity index (χ0) is 14.1. The lowest BCUT2D eigenvalue weighted by atomic mass is 10.1. The molecule has 0 aromatic carbocycles. The maximum absolute atomic E-state index is 11.9. The Hall–Kier alpha value is -2.28. The van der Waals surface area contributed by atoms with E-state index in [-0.39, 0.29) is 6.54 Å². The molecule has 0 spiro atoms. The fourth-order valence-corrected chi connectivity index (χ4v) is 3.20. The zero-order valence-corrected chi connectivity index (χ0v) is 11.3. The van der Waals surface area contributed by atoms with Gasteiger partial charge in [-0.15, -0.1) is 11.3 Å². The SMILES string of the molecule is O=c1c([N+](=O)[O-])cccn1Cc1nc2c(s1)CCC=C2. The predicted octanol–water partition coefficient (Wildman–Crippen LogP) is 2.22. The predicted molar refractivity (Wildman–Crippen MR) is 75.9 cm³/mol. The second-order valence-electron chi connectivity index (χ2n) is 4.44. The van der Waals surface area contributed by atoms with Gasteiger partial charge in [0, 0.05) is 17.1 Å². The molecule has 0 unspecified atom stereocenters. The number of hydrogen-bond acceptors (Lipinski definition) is 5. The second kappa shape index (κ2) is 5.01. The van der Waals surface area contributed by atoms with Crippen molar-refractivity contribution in [2.75, 3.05) is 0 Å². The maximum Gasteiger partial charge on any atom is 0.334 e. The number of thiazole rings is 1. The summed E-state index contributed by atoms with van der Waals surface area (Å²) in [6.07, 6.45) is 7.57. The fraction of sp³-hybridized carbons (Fsp3) is 0.231. The monoisotopic (exact) mass is 289 g/mol. The molecule has 0 radical (unpaired) electrons. The van der Waals surface area contributed by atoms with Crippen LogP contribution in [0, 0.1) is 10.1 Å². The summed E-state index contributed by atoms with van der Waals surface area (Å²) in [5, 5.41) is 11.6. The molecule has 0 fully saturated rings. The Morgan fingerprint density at radius 2 is 2.35 bits per heavy atom. The van der Waals surface area contributed by atoms with E-state index < -0.39 is 16.2 Å². The number of pyridine rings is 1. The maximum atomic E-state index is 11.9. The van der Waals surface area contributed by atoms with Crippen molar-refractivity contribution in [1.29, 1.82) is 0 Å². The standard InChI is InChI=1S/C13H11N3O3S/c17-13-10(16(18)19)5-3-7-15(13)8-12-14-9-4-1-2-6-11(9)20-12/h1,3-5,7H,2,6,8H2. The van der Waals surface area contributed by atoms with E-state index >= 15 is 0 Å². The van der Waals surface area contributed by atoms with Gasteiger partial charge in [-0.05, 0) is 25.0 Å². The van der Waals surface area contributed by atoms with E-state index in [1.54, 1.807) is 17.5 Å². The normalized spacial score (nSPS) is 13.2. The van der Waals surface area contributed by atoms with Gasteiger partial charge in [0.05, 0.1) is 17.2 Å². The number of fused-ring (bicyclic) bond motifs is 1. The minimum absolute atomic E-state index is 0.270. The smallest absolute Gasteiger partial charge is 0.303 e. The summed E-state index contributed by atoms with van der Waals surface area (Å²) < 4.78 is 1.33. The van der Waals surface area contributed by atoms with Gasteiger partial charge in [0.2, 0.25) is 0 Å². The molecule has 7 heteroatoms. The highest BCUT2D eigenvalue weighted by Crippen LogP contribution is 2.25. The van der Waals surface area contributed by atoms with E-state index in [2.05, 4.69) is 11.1 Å². The third-order valence-electron chi connectivity index (χ3n) is 3.09. The Bertz CT molecular complexity index is 760. The Balaban J connectivity index is 1.94. The van der Waals surface area contributed by atoms with Crippen LogP contribution >= 0.6 is 11.3 Å². The van der Waals surface area contributed by atoms with Crippen LogP contribution in [0.4, 0.5) is 5.69 Å². The molecule has 0 saturated carbocycles. The highest BCUT2D eigenvalue weighted by atomic mass is 32.1. The van der Waals surface area contributed by atoms with Crippen LogP contribution in [0.1, 0.15) is 22.0 Å². The van der Waals surface area contributed by atoms with Gasteiger partial charge in [0.25, 0.3) is 0 Å². The van der Waals surface area contributed by atoms with Gasteiger partial charge < -0.3 is 4.57 Å². The van der Waals surface area contributed by atoms with Crippen molar-refractivity contribution >= 4 is 23.1 Å². The molecule has 0 aliphatic heterocycles. The van der Waals surface area contributed by atoms with Gasteiger partial charge in [-0.2, -0.15) is 0 Å². The molecule has 1 aliphatic carbocycles. The quantitative estimate of drug-likeness (QED) is 0.641. The van der Waals surface area contributed by atoms with Crippen molar-refractivity contribution in [3.63, 3.8) is 0 Å². The van der Waals surface area contributed by atoms with Gasteiger partial charge in [0.15, 0.2) is 0 Å². The van der Waals surface area contributed by atoms with E-state index in [0.717, 1.165) is 23.5 Å². The van der Waals surface area contributed by atoms with Crippen LogP contribution in [-0.4, -0.2) is 14.5 Å². The zero-order valence-electron chi connectivity index (χ0n) is 10.5. The van der Waals surface area contributed by atoms with Crippen molar-refractivity contribution in [2.24, 2.45) is 0 Å². The second-order valence-corrected chi connectivity index (χ2v) is 5.61. The third-order valence-corrected chi connectivity index (χ3v) is 4.20. The summed E-state index contributed by atoms with van der Waals surface area (Å²) in [7, 11) is 0. The summed E-state index contributed by atoms with van der Waals surface area (Å²) in [5.41, 5.74) is -0.0512. The number of nitrogens with zero attached hydrogens (tertiary/aromatic N) is 3. The van der Waals surface area contributed by atoms with Crippen LogP contribution in [0.5, 0.6) is 0 Å². The molecule has 20 heavy (non-hydrogen) atoms. The molecule has 0 N–H and O–H groups in total. The lowest BCUT2D eigenvalue weighted by Gasteiger charge is -2.01. The van der Waals surface area contributed by atoms with Crippen LogP contribution < -0.4 is 5.56 Å². The fourth-order valence-electron chi connectivity index (χ4n) is 2.13. The summed E-state index contributed by atoms with van der Waals surface area (Å²) in [6, 6.07) is 2.72. The van der Waals surface area contributed by atoms with Crippen LogP contribution in [-0.2, 0) is 13.0 Å². The molecule has 1 aliphatic rings. The molecule has 2 aromatic heterocycles. The van der Waals surface area contributed by atoms with Gasteiger partial charge in [0.1, 0.15) is 5.01 Å². The van der Waals surface area contributed by atoms with E-state index in [9.17, 15) is 14.9 Å². The number of aromatic nitrogens is 2. The van der Waals surface area contributed by atoms with Crippen LogP contribution in [0.15, 0.2) is 29.2 Å². The topological polar surface area (TPSA) is 78.0 Å². The van der Waals surface area contributed by atoms with E-state index in [1.165, 1.54) is 21.6 Å². The average Bonchev–Trinajstić information content (AvgIpc) is 2.83. The summed E-state index contributed by atoms with van der Waals surface area (Å²) >= 11 is 1.56. The molecule has 6 nitrogen and oxygen atoms in total. The largest absolute Gasteiger partial charge is 0.334 e. The number of rotatable bonds is 3. The van der Waals surface area contributed by atoms with Crippen molar-refractivity contribution in [3.05, 3.63) is 60.5 Å². The number of hydrogen-bond donors (Lipinski definition) is 0. The molecule has 2 heterocycles. The first-order chi connectivity index (χ1) is 9.65. The molecular weight excluding hydrogens is 278 g/mol. The first-order valence-electron chi connectivity index (χ1n) is 6.14. The first-order valence-corrected chi connectivity index (χ1v) is 6.96. The van der Waals surface area contributed by atoms with Gasteiger partial charge in [-0.1, -0.05) is 6.08 Å².